The fourth-order valence-corrected chi connectivity index (χ4v) is 3.87. The lowest BCUT2D eigenvalue weighted by Gasteiger charge is -2.08. The molecular weight excluding hydrogens is 412 g/mol. The molecule has 134 valence electrons. The van der Waals surface area contributed by atoms with E-state index in [1.165, 1.54) is 0 Å². The van der Waals surface area contributed by atoms with E-state index < -0.39 is 0 Å². The highest BCUT2D eigenvalue weighted by atomic mass is 79.9. The summed E-state index contributed by atoms with van der Waals surface area (Å²) >= 11 is 3.43. The standard InChI is InChI=1S/C25H15BrO2/c26-20-11-9-16(10-12-20)24-15-19(25(27)28-24)14-23-21-7-3-1-5-17(21)13-18-6-2-4-8-22(18)23/h1-15H/b19-14+. The normalized spacial score (nSPS) is 15.2. The van der Waals surface area contributed by atoms with Crippen molar-refractivity contribution in [3.8, 4) is 0 Å². The van der Waals surface area contributed by atoms with Crippen LogP contribution in [0.25, 0.3) is 33.4 Å². The van der Waals surface area contributed by atoms with Gasteiger partial charge in [0.05, 0.1) is 5.57 Å². The second-order valence-corrected chi connectivity index (χ2v) is 7.65. The predicted molar refractivity (Wildman–Crippen MR) is 118 cm³/mol. The van der Waals surface area contributed by atoms with Crippen LogP contribution >= 0.6 is 15.9 Å². The number of fused-ring (bicyclic) bond motifs is 2. The van der Waals surface area contributed by atoms with Gasteiger partial charge >= 0.3 is 5.97 Å². The maximum Gasteiger partial charge on any atom is 0.343 e. The summed E-state index contributed by atoms with van der Waals surface area (Å²) < 4.78 is 6.52. The number of carbonyl (C=O) groups is 1. The minimum absolute atomic E-state index is 0.324. The molecule has 4 aromatic carbocycles. The Hall–Kier alpha value is -3.17. The third-order valence-corrected chi connectivity index (χ3v) is 5.50. The summed E-state index contributed by atoms with van der Waals surface area (Å²) in [6, 6.07) is 26.4. The molecule has 2 nitrogen and oxygen atoms in total. The Morgan fingerprint density at radius 1 is 0.786 bits per heavy atom. The Morgan fingerprint density at radius 2 is 1.39 bits per heavy atom. The second kappa shape index (κ2) is 6.77. The van der Waals surface area contributed by atoms with Gasteiger partial charge in [0.2, 0.25) is 0 Å². The molecule has 0 saturated heterocycles. The fraction of sp³-hybridized carbons (Fsp3) is 0. The molecule has 28 heavy (non-hydrogen) atoms. The fourth-order valence-electron chi connectivity index (χ4n) is 3.61. The Labute approximate surface area is 170 Å². The third-order valence-electron chi connectivity index (χ3n) is 4.97. The number of benzene rings is 4. The summed E-state index contributed by atoms with van der Waals surface area (Å²) in [5.41, 5.74) is 2.47. The number of carbonyl (C=O) groups excluding carboxylic acids is 1. The van der Waals surface area contributed by atoms with Crippen molar-refractivity contribution in [2.45, 2.75) is 0 Å². The lowest BCUT2D eigenvalue weighted by molar-refractivity contribution is -0.130. The average molecular weight is 427 g/mol. The van der Waals surface area contributed by atoms with Gasteiger partial charge in [-0.15, -0.1) is 0 Å². The molecule has 0 N–H and O–H groups in total. The van der Waals surface area contributed by atoms with Gasteiger partial charge in [0, 0.05) is 10.0 Å². The largest absolute Gasteiger partial charge is 0.422 e. The highest BCUT2D eigenvalue weighted by Gasteiger charge is 2.22. The smallest absolute Gasteiger partial charge is 0.343 e. The molecular formula is C25H15BrO2. The Kier molecular flexibility index (Phi) is 4.10. The molecule has 0 fully saturated rings. The van der Waals surface area contributed by atoms with Gasteiger partial charge < -0.3 is 4.74 Å². The second-order valence-electron chi connectivity index (χ2n) is 6.74. The first-order valence-corrected chi connectivity index (χ1v) is 9.80. The van der Waals surface area contributed by atoms with Crippen LogP contribution < -0.4 is 0 Å². The van der Waals surface area contributed by atoms with Crippen LogP contribution in [0.1, 0.15) is 11.1 Å². The lowest BCUT2D eigenvalue weighted by Crippen LogP contribution is -1.97. The summed E-state index contributed by atoms with van der Waals surface area (Å²) in [5.74, 6) is 0.253. The van der Waals surface area contributed by atoms with E-state index in [2.05, 4.69) is 46.3 Å². The zero-order valence-electron chi connectivity index (χ0n) is 14.9. The molecule has 1 aliphatic heterocycles. The van der Waals surface area contributed by atoms with Gasteiger partial charge in [-0.25, -0.2) is 4.79 Å². The van der Waals surface area contributed by atoms with Crippen LogP contribution in [0.4, 0.5) is 0 Å². The van der Waals surface area contributed by atoms with Crippen molar-refractivity contribution in [1.29, 1.82) is 0 Å². The topological polar surface area (TPSA) is 26.3 Å². The van der Waals surface area contributed by atoms with E-state index in [0.717, 1.165) is 37.1 Å². The monoisotopic (exact) mass is 426 g/mol. The molecule has 0 spiro atoms. The van der Waals surface area contributed by atoms with E-state index in [1.807, 2.05) is 60.7 Å². The van der Waals surface area contributed by atoms with E-state index in [4.69, 9.17) is 4.74 Å². The van der Waals surface area contributed by atoms with Crippen molar-refractivity contribution in [3.05, 3.63) is 106 Å². The molecule has 3 heteroatoms. The Morgan fingerprint density at radius 3 is 2.04 bits per heavy atom. The summed E-state index contributed by atoms with van der Waals surface area (Å²) in [7, 11) is 0. The molecule has 4 aromatic rings. The van der Waals surface area contributed by atoms with E-state index in [1.54, 1.807) is 0 Å². The summed E-state index contributed by atoms with van der Waals surface area (Å²) in [5, 5.41) is 4.53. The number of esters is 1. The summed E-state index contributed by atoms with van der Waals surface area (Å²) in [6.07, 6.45) is 3.76. The first kappa shape index (κ1) is 17.0. The van der Waals surface area contributed by atoms with Crippen molar-refractivity contribution in [3.63, 3.8) is 0 Å². The molecule has 0 amide bonds. The molecule has 0 unspecified atom stereocenters. The van der Waals surface area contributed by atoms with E-state index >= 15 is 0 Å². The summed E-state index contributed by atoms with van der Waals surface area (Å²) in [4.78, 5) is 12.5. The molecule has 0 saturated carbocycles. The van der Waals surface area contributed by atoms with Crippen LogP contribution in [0.5, 0.6) is 0 Å². The molecule has 0 aliphatic carbocycles. The highest BCUT2D eigenvalue weighted by Crippen LogP contribution is 2.33. The van der Waals surface area contributed by atoms with E-state index in [-0.39, 0.29) is 5.97 Å². The van der Waals surface area contributed by atoms with Crippen LogP contribution in [0.2, 0.25) is 0 Å². The van der Waals surface area contributed by atoms with E-state index in [0.29, 0.717) is 11.3 Å². The van der Waals surface area contributed by atoms with Crippen LogP contribution in [-0.2, 0) is 9.53 Å². The van der Waals surface area contributed by atoms with Crippen LogP contribution in [0, 0.1) is 0 Å². The lowest BCUT2D eigenvalue weighted by atomic mass is 9.95. The highest BCUT2D eigenvalue weighted by molar-refractivity contribution is 9.10. The maximum atomic E-state index is 12.5. The summed E-state index contributed by atoms with van der Waals surface area (Å²) in [6.45, 7) is 0. The quantitative estimate of drug-likeness (QED) is 0.201. The molecule has 0 bridgehead atoms. The van der Waals surface area contributed by atoms with Crippen molar-refractivity contribution >= 4 is 55.3 Å². The van der Waals surface area contributed by atoms with Crippen LogP contribution in [0.3, 0.4) is 0 Å². The number of hydrogen-bond donors (Lipinski definition) is 0. The van der Waals surface area contributed by atoms with Gasteiger partial charge in [0.1, 0.15) is 5.76 Å². The Bertz CT molecular complexity index is 1240. The van der Waals surface area contributed by atoms with Crippen molar-refractivity contribution in [2.24, 2.45) is 0 Å². The zero-order chi connectivity index (χ0) is 19.1. The van der Waals surface area contributed by atoms with Crippen LogP contribution in [0.15, 0.2) is 95.0 Å². The van der Waals surface area contributed by atoms with Crippen molar-refractivity contribution < 1.29 is 9.53 Å². The van der Waals surface area contributed by atoms with Gasteiger partial charge in [-0.3, -0.25) is 0 Å². The molecule has 0 radical (unpaired) electrons. The molecule has 5 rings (SSSR count). The molecule has 1 aliphatic rings. The van der Waals surface area contributed by atoms with Gasteiger partial charge in [-0.1, -0.05) is 76.6 Å². The first-order chi connectivity index (χ1) is 13.7. The van der Waals surface area contributed by atoms with Crippen molar-refractivity contribution in [2.75, 3.05) is 0 Å². The molecule has 0 atom stereocenters. The number of rotatable bonds is 2. The predicted octanol–water partition coefficient (Wildman–Crippen LogP) is 6.74. The van der Waals surface area contributed by atoms with Gasteiger partial charge in [-0.2, -0.15) is 0 Å². The minimum Gasteiger partial charge on any atom is -0.422 e. The number of halogens is 1. The SMILES string of the molecule is O=C1OC(c2ccc(Br)cc2)=C/C1=C\c1c2ccccc2cc2ccccc12. The number of cyclic esters (lactones) is 1. The van der Waals surface area contributed by atoms with Crippen molar-refractivity contribution in [1.82, 2.24) is 0 Å². The number of ether oxygens (including phenoxy) is 1. The minimum atomic E-state index is -0.324. The first-order valence-electron chi connectivity index (χ1n) is 9.01. The maximum absolute atomic E-state index is 12.5. The van der Waals surface area contributed by atoms with E-state index in [9.17, 15) is 4.79 Å². The van der Waals surface area contributed by atoms with Crippen LogP contribution in [-0.4, -0.2) is 5.97 Å². The zero-order valence-corrected chi connectivity index (χ0v) is 16.4. The molecule has 0 aromatic heterocycles. The van der Waals surface area contributed by atoms with Gasteiger partial charge in [-0.05, 0) is 57.5 Å². The van der Waals surface area contributed by atoms with Gasteiger partial charge in [0.25, 0.3) is 0 Å². The van der Waals surface area contributed by atoms with Gasteiger partial charge in [0.15, 0.2) is 0 Å². The Balaban J connectivity index is 1.70. The number of hydrogen-bond acceptors (Lipinski definition) is 2. The average Bonchev–Trinajstić information content (AvgIpc) is 3.08. The third kappa shape index (κ3) is 2.94. The molecule has 1 heterocycles.